The number of benzene rings is 2. The molecule has 3 unspecified atom stereocenters. The maximum atomic E-state index is 13.9. The monoisotopic (exact) mass is 561 g/mol. The first-order chi connectivity index (χ1) is 19.3. The summed E-state index contributed by atoms with van der Waals surface area (Å²) >= 11 is 1.65. The number of amides is 3. The fourth-order valence-corrected chi connectivity index (χ4v) is 7.51. The Morgan fingerprint density at radius 1 is 1.02 bits per heavy atom. The number of para-hydroxylation sites is 1. The van der Waals surface area contributed by atoms with Crippen molar-refractivity contribution in [2.24, 2.45) is 11.7 Å². The lowest BCUT2D eigenvalue weighted by Crippen LogP contribution is -2.56. The molecule has 0 bridgehead atoms. The van der Waals surface area contributed by atoms with Crippen molar-refractivity contribution in [2.75, 3.05) is 25.4 Å². The Morgan fingerprint density at radius 2 is 1.75 bits per heavy atom. The van der Waals surface area contributed by atoms with Crippen molar-refractivity contribution in [1.29, 1.82) is 0 Å². The highest BCUT2D eigenvalue weighted by molar-refractivity contribution is 7.99. The van der Waals surface area contributed by atoms with Gasteiger partial charge in [-0.2, -0.15) is 0 Å². The molecule has 3 atom stereocenters. The van der Waals surface area contributed by atoms with E-state index in [1.165, 1.54) is 11.1 Å². The van der Waals surface area contributed by atoms with Gasteiger partial charge in [-0.05, 0) is 59.8 Å². The van der Waals surface area contributed by atoms with Crippen molar-refractivity contribution in [2.45, 2.75) is 69.2 Å². The number of carbonyl (C=O) groups is 2. The van der Waals surface area contributed by atoms with Crippen LogP contribution in [0.5, 0.6) is 0 Å². The van der Waals surface area contributed by atoms with Crippen molar-refractivity contribution in [1.82, 2.24) is 20.5 Å². The van der Waals surface area contributed by atoms with Gasteiger partial charge in [0.2, 0.25) is 5.91 Å². The van der Waals surface area contributed by atoms with E-state index in [2.05, 4.69) is 59.8 Å². The van der Waals surface area contributed by atoms with Crippen LogP contribution in [0.2, 0.25) is 0 Å². The number of aromatic amines is 1. The van der Waals surface area contributed by atoms with Crippen molar-refractivity contribution < 1.29 is 9.59 Å². The summed E-state index contributed by atoms with van der Waals surface area (Å²) in [6, 6.07) is 16.0. The highest BCUT2D eigenvalue weighted by atomic mass is 32.2. The van der Waals surface area contributed by atoms with Gasteiger partial charge in [-0.15, -0.1) is 11.8 Å². The second-order valence-electron chi connectivity index (χ2n) is 11.8. The first-order valence-corrected chi connectivity index (χ1v) is 15.7. The second-order valence-corrected chi connectivity index (χ2v) is 13.0. The van der Waals surface area contributed by atoms with Gasteiger partial charge < -0.3 is 26.3 Å². The van der Waals surface area contributed by atoms with E-state index in [-0.39, 0.29) is 34.6 Å². The molecule has 1 aliphatic carbocycles. The molecule has 1 spiro atoms. The van der Waals surface area contributed by atoms with Crippen LogP contribution in [0.4, 0.5) is 4.79 Å². The first-order valence-electron chi connectivity index (χ1n) is 14.6. The van der Waals surface area contributed by atoms with Crippen LogP contribution in [-0.2, 0) is 16.6 Å². The Labute approximate surface area is 242 Å². The van der Waals surface area contributed by atoms with Crippen LogP contribution in [0.25, 0.3) is 10.9 Å². The molecule has 0 saturated carbocycles. The van der Waals surface area contributed by atoms with Gasteiger partial charge in [-0.3, -0.25) is 4.79 Å². The average Bonchev–Trinajstić information content (AvgIpc) is 3.56. The maximum Gasteiger partial charge on any atom is 0.318 e. The molecule has 0 radical (unpaired) electrons. The molecule has 1 aromatic heterocycles. The molecule has 5 rings (SSSR count). The van der Waals surface area contributed by atoms with E-state index in [9.17, 15) is 9.59 Å². The number of nitrogens with zero attached hydrogens (tertiary/aromatic N) is 1. The molecule has 2 aliphatic rings. The fraction of sp³-hybridized carbons (Fsp3) is 0.500. The summed E-state index contributed by atoms with van der Waals surface area (Å²) in [5, 5.41) is 7.38. The molecule has 214 valence electrons. The van der Waals surface area contributed by atoms with Crippen molar-refractivity contribution in [3.8, 4) is 0 Å². The van der Waals surface area contributed by atoms with Crippen molar-refractivity contribution in [3.63, 3.8) is 0 Å². The first kappa shape index (κ1) is 28.6. The topological polar surface area (TPSA) is 103 Å². The quantitative estimate of drug-likeness (QED) is 0.272. The Hall–Kier alpha value is -2.97. The summed E-state index contributed by atoms with van der Waals surface area (Å²) in [6.45, 7) is 8.15. The van der Waals surface area contributed by atoms with Gasteiger partial charge in [0.05, 0.1) is 5.37 Å². The number of likely N-dealkylation sites (tertiary alicyclic amines) is 1. The van der Waals surface area contributed by atoms with E-state index in [1.807, 2.05) is 36.2 Å². The van der Waals surface area contributed by atoms with E-state index >= 15 is 0 Å². The van der Waals surface area contributed by atoms with Crippen LogP contribution < -0.4 is 16.4 Å². The van der Waals surface area contributed by atoms with E-state index in [1.54, 1.807) is 11.8 Å². The Bertz CT molecular complexity index is 1330. The summed E-state index contributed by atoms with van der Waals surface area (Å²) in [5.74, 6) is 0.599. The third-order valence-corrected chi connectivity index (χ3v) is 10.4. The summed E-state index contributed by atoms with van der Waals surface area (Å²) in [7, 11) is 0. The zero-order chi connectivity index (χ0) is 28.3. The Kier molecular flexibility index (Phi) is 8.76. The number of carbonyl (C=O) groups excluding carboxylic acids is 2. The number of hydrogen-bond donors (Lipinski definition) is 4. The molecular weight excluding hydrogens is 518 g/mol. The van der Waals surface area contributed by atoms with E-state index in [0.29, 0.717) is 19.6 Å². The minimum absolute atomic E-state index is 0.0806. The lowest BCUT2D eigenvalue weighted by molar-refractivity contribution is -0.123. The van der Waals surface area contributed by atoms with Gasteiger partial charge in [-0.1, -0.05) is 63.2 Å². The third kappa shape index (κ3) is 5.75. The highest BCUT2D eigenvalue weighted by Crippen LogP contribution is 2.46. The smallest absolute Gasteiger partial charge is 0.318 e. The van der Waals surface area contributed by atoms with E-state index in [4.69, 9.17) is 5.73 Å². The molecule has 7 nitrogen and oxygen atoms in total. The van der Waals surface area contributed by atoms with Crippen LogP contribution in [0.15, 0.2) is 54.7 Å². The third-order valence-electron chi connectivity index (χ3n) is 8.95. The summed E-state index contributed by atoms with van der Waals surface area (Å²) in [4.78, 5) is 32.8. The Balaban J connectivity index is 1.33. The number of rotatable bonds is 9. The number of nitrogens with one attached hydrogen (secondary N) is 3. The zero-order valence-electron chi connectivity index (χ0n) is 23.9. The number of aromatic nitrogens is 1. The Morgan fingerprint density at radius 3 is 2.50 bits per heavy atom. The number of aryl methyl sites for hydroxylation is 1. The number of hydrogen-bond acceptors (Lipinski definition) is 4. The van der Waals surface area contributed by atoms with E-state index in [0.717, 1.165) is 47.9 Å². The highest BCUT2D eigenvalue weighted by Gasteiger charge is 2.42. The molecule has 1 saturated heterocycles. The van der Waals surface area contributed by atoms with Gasteiger partial charge in [0.1, 0.15) is 6.04 Å². The minimum Gasteiger partial charge on any atom is -0.361 e. The van der Waals surface area contributed by atoms with Crippen molar-refractivity contribution in [3.05, 3.63) is 71.4 Å². The van der Waals surface area contributed by atoms with E-state index < -0.39 is 6.04 Å². The number of fused-ring (bicyclic) bond motifs is 3. The van der Waals surface area contributed by atoms with Crippen molar-refractivity contribution >= 4 is 34.6 Å². The number of thioether (sulfide) groups is 1. The molecule has 1 fully saturated rings. The predicted molar refractivity (Wildman–Crippen MR) is 165 cm³/mol. The largest absolute Gasteiger partial charge is 0.361 e. The second kappa shape index (κ2) is 12.3. The molecule has 8 heteroatoms. The van der Waals surface area contributed by atoms with Crippen LogP contribution in [0.3, 0.4) is 0 Å². The molecule has 1 aliphatic heterocycles. The maximum absolute atomic E-state index is 13.9. The van der Waals surface area contributed by atoms with Gasteiger partial charge >= 0.3 is 6.03 Å². The number of piperidine rings is 1. The molecule has 2 heterocycles. The van der Waals surface area contributed by atoms with Crippen LogP contribution >= 0.6 is 11.8 Å². The number of urea groups is 1. The number of H-pyrrole nitrogens is 1. The number of nitrogens with two attached hydrogens (primary N) is 1. The van der Waals surface area contributed by atoms with Crippen LogP contribution in [-0.4, -0.2) is 58.6 Å². The molecule has 2 aromatic carbocycles. The zero-order valence-corrected chi connectivity index (χ0v) is 24.7. The van der Waals surface area contributed by atoms with Crippen LogP contribution in [0, 0.1) is 5.92 Å². The summed E-state index contributed by atoms with van der Waals surface area (Å²) in [6.07, 6.45) is 6.15. The average molecular weight is 562 g/mol. The lowest BCUT2D eigenvalue weighted by Gasteiger charge is -2.40. The molecule has 5 N–H and O–H groups in total. The van der Waals surface area contributed by atoms with Crippen LogP contribution in [0.1, 0.15) is 62.6 Å². The molecule has 40 heavy (non-hydrogen) atoms. The lowest BCUT2D eigenvalue weighted by atomic mass is 9.74. The normalized spacial score (nSPS) is 18.5. The molecular formula is C32H43N5O2S. The van der Waals surface area contributed by atoms with Gasteiger partial charge in [0.15, 0.2) is 0 Å². The summed E-state index contributed by atoms with van der Waals surface area (Å²) in [5.41, 5.74) is 10.9. The standard InChI is InChI=1S/C32H43N5O2S/c1-21(2)30(40-19-16-33)36-29(38)28(22(3)25-20-34-27-11-7-5-9-24(25)27)35-31(39)37-17-14-32(15-18-37)13-12-23-8-4-6-10-26(23)32/h4-11,20-22,28,30,34H,12-19,33H2,1-3H3,(H,35,39)(H,36,38). The van der Waals surface area contributed by atoms with Gasteiger partial charge in [0, 0.05) is 48.4 Å². The molecule has 3 amide bonds. The fourth-order valence-electron chi connectivity index (χ4n) is 6.54. The SMILES string of the molecule is CC(C)C(NC(=O)C(NC(=O)N1CCC2(CCc3ccccc32)CC1)C(C)c1c[nH]c2ccccc12)SCCN. The van der Waals surface area contributed by atoms with Gasteiger partial charge in [-0.25, -0.2) is 4.79 Å². The summed E-state index contributed by atoms with van der Waals surface area (Å²) < 4.78 is 0. The predicted octanol–water partition coefficient (Wildman–Crippen LogP) is 5.12. The minimum atomic E-state index is -0.713. The van der Waals surface area contributed by atoms with Gasteiger partial charge in [0.25, 0.3) is 0 Å². The molecule has 3 aromatic rings.